The van der Waals surface area contributed by atoms with Crippen molar-refractivity contribution in [1.82, 2.24) is 4.98 Å². The van der Waals surface area contributed by atoms with Gasteiger partial charge in [0.2, 0.25) is 0 Å². The summed E-state index contributed by atoms with van der Waals surface area (Å²) >= 11 is 0. The molecule has 0 radical (unpaired) electrons. The van der Waals surface area contributed by atoms with Crippen molar-refractivity contribution in [2.75, 3.05) is 0 Å². The van der Waals surface area contributed by atoms with Crippen LogP contribution in [0.4, 0.5) is 0 Å². The van der Waals surface area contributed by atoms with Crippen molar-refractivity contribution in [2.24, 2.45) is 0 Å². The van der Waals surface area contributed by atoms with Crippen LogP contribution in [-0.4, -0.2) is 16.1 Å². The van der Waals surface area contributed by atoms with Crippen LogP contribution in [0.2, 0.25) is 0 Å². The Morgan fingerprint density at radius 1 is 1.05 bits per heavy atom. The second-order valence-corrected chi connectivity index (χ2v) is 4.61. The minimum atomic E-state index is -0.989. The van der Waals surface area contributed by atoms with E-state index in [9.17, 15) is 9.90 Å². The van der Waals surface area contributed by atoms with E-state index in [1.54, 1.807) is 24.5 Å². The zero-order valence-corrected chi connectivity index (χ0v) is 11.2. The molecule has 21 heavy (non-hydrogen) atoms. The first-order valence-electron chi connectivity index (χ1n) is 6.52. The van der Waals surface area contributed by atoms with E-state index in [2.05, 4.69) is 4.98 Å². The fourth-order valence-electron chi connectivity index (χ4n) is 2.23. The van der Waals surface area contributed by atoms with Crippen molar-refractivity contribution < 1.29 is 14.6 Å². The molecular weight excluding hydrogens is 266 g/mol. The Bertz CT molecular complexity index is 784. The molecule has 0 aliphatic heterocycles. The van der Waals surface area contributed by atoms with E-state index in [-0.39, 0.29) is 5.56 Å². The highest BCUT2D eigenvalue weighted by Crippen LogP contribution is 2.28. The molecule has 1 heterocycles. The molecule has 0 saturated heterocycles. The summed E-state index contributed by atoms with van der Waals surface area (Å²) in [6.45, 7) is 0.307. The maximum atomic E-state index is 11.6. The molecule has 3 rings (SSSR count). The lowest BCUT2D eigenvalue weighted by atomic mass is 10.0. The SMILES string of the molecule is O=C(O)c1c(OCc2ccncc2)ccc2ccccc12. The molecule has 0 saturated carbocycles. The number of ether oxygens (including phenoxy) is 1. The van der Waals surface area contributed by atoms with Gasteiger partial charge in [-0.25, -0.2) is 4.79 Å². The summed E-state index contributed by atoms with van der Waals surface area (Å²) in [6.07, 6.45) is 3.36. The summed E-state index contributed by atoms with van der Waals surface area (Å²) in [5, 5.41) is 11.0. The molecule has 0 spiro atoms. The Kier molecular flexibility index (Phi) is 3.51. The number of nitrogens with zero attached hydrogens (tertiary/aromatic N) is 1. The van der Waals surface area contributed by atoms with Crippen molar-refractivity contribution in [2.45, 2.75) is 6.61 Å². The van der Waals surface area contributed by atoms with Gasteiger partial charge in [-0.15, -0.1) is 0 Å². The number of carbonyl (C=O) groups is 1. The highest BCUT2D eigenvalue weighted by atomic mass is 16.5. The van der Waals surface area contributed by atoms with Crippen LogP contribution in [-0.2, 0) is 6.61 Å². The van der Waals surface area contributed by atoms with E-state index in [1.807, 2.05) is 36.4 Å². The standard InChI is InChI=1S/C17H13NO3/c19-17(20)16-14-4-2-1-3-13(14)5-6-15(16)21-11-12-7-9-18-10-8-12/h1-10H,11H2,(H,19,20). The quantitative estimate of drug-likeness (QED) is 0.794. The lowest BCUT2D eigenvalue weighted by Gasteiger charge is -2.11. The van der Waals surface area contributed by atoms with Crippen molar-refractivity contribution in [3.63, 3.8) is 0 Å². The lowest BCUT2D eigenvalue weighted by Crippen LogP contribution is -2.04. The van der Waals surface area contributed by atoms with Crippen LogP contribution in [0, 0.1) is 0 Å². The van der Waals surface area contributed by atoms with Gasteiger partial charge in [0.25, 0.3) is 0 Å². The Hall–Kier alpha value is -2.88. The van der Waals surface area contributed by atoms with Crippen LogP contribution in [0.15, 0.2) is 60.9 Å². The number of rotatable bonds is 4. The zero-order chi connectivity index (χ0) is 14.7. The molecule has 104 valence electrons. The molecule has 1 N–H and O–H groups in total. The number of benzene rings is 2. The highest BCUT2D eigenvalue weighted by molar-refractivity contribution is 6.06. The largest absolute Gasteiger partial charge is 0.488 e. The van der Waals surface area contributed by atoms with Gasteiger partial charge >= 0.3 is 5.97 Å². The third kappa shape index (κ3) is 2.69. The van der Waals surface area contributed by atoms with E-state index in [1.165, 1.54) is 0 Å². The van der Waals surface area contributed by atoms with Gasteiger partial charge in [0, 0.05) is 12.4 Å². The first-order valence-corrected chi connectivity index (χ1v) is 6.52. The predicted molar refractivity (Wildman–Crippen MR) is 79.5 cm³/mol. The minimum absolute atomic E-state index is 0.196. The summed E-state index contributed by atoms with van der Waals surface area (Å²) in [5.74, 6) is -0.616. The Morgan fingerprint density at radius 2 is 1.81 bits per heavy atom. The fourth-order valence-corrected chi connectivity index (χ4v) is 2.23. The van der Waals surface area contributed by atoms with E-state index >= 15 is 0 Å². The summed E-state index contributed by atoms with van der Waals surface area (Å²) < 4.78 is 5.68. The Morgan fingerprint density at radius 3 is 2.57 bits per heavy atom. The van der Waals surface area contributed by atoms with Crippen molar-refractivity contribution in [3.8, 4) is 5.75 Å². The van der Waals surface area contributed by atoms with Crippen LogP contribution in [0.3, 0.4) is 0 Å². The van der Waals surface area contributed by atoms with Crippen LogP contribution in [0.25, 0.3) is 10.8 Å². The molecular formula is C17H13NO3. The molecule has 0 atom stereocenters. The van der Waals surface area contributed by atoms with Crippen molar-refractivity contribution in [1.29, 1.82) is 0 Å². The van der Waals surface area contributed by atoms with Crippen LogP contribution in [0.5, 0.6) is 5.75 Å². The second kappa shape index (κ2) is 5.63. The molecule has 2 aromatic carbocycles. The molecule has 4 heteroatoms. The summed E-state index contributed by atoms with van der Waals surface area (Å²) in [5.41, 5.74) is 1.14. The minimum Gasteiger partial charge on any atom is -0.488 e. The predicted octanol–water partition coefficient (Wildman–Crippen LogP) is 3.51. The molecule has 0 aliphatic rings. The normalized spacial score (nSPS) is 10.5. The van der Waals surface area contributed by atoms with E-state index in [0.717, 1.165) is 10.9 Å². The van der Waals surface area contributed by atoms with Crippen LogP contribution >= 0.6 is 0 Å². The third-order valence-electron chi connectivity index (χ3n) is 3.25. The monoisotopic (exact) mass is 279 g/mol. The Balaban J connectivity index is 1.98. The van der Waals surface area contributed by atoms with E-state index < -0.39 is 5.97 Å². The van der Waals surface area contributed by atoms with Crippen molar-refractivity contribution >= 4 is 16.7 Å². The summed E-state index contributed by atoms with van der Waals surface area (Å²) in [6, 6.07) is 14.6. The molecule has 4 nitrogen and oxygen atoms in total. The average Bonchev–Trinajstić information content (AvgIpc) is 2.53. The number of pyridine rings is 1. The molecule has 0 bridgehead atoms. The zero-order valence-electron chi connectivity index (χ0n) is 11.2. The fraction of sp³-hybridized carbons (Fsp3) is 0.0588. The molecule has 1 aromatic heterocycles. The van der Waals surface area contributed by atoms with Crippen molar-refractivity contribution in [3.05, 3.63) is 72.1 Å². The number of carboxylic acid groups (broad SMARTS) is 1. The summed E-state index contributed by atoms with van der Waals surface area (Å²) in [4.78, 5) is 15.5. The topological polar surface area (TPSA) is 59.4 Å². The number of aromatic nitrogens is 1. The van der Waals surface area contributed by atoms with Gasteiger partial charge < -0.3 is 9.84 Å². The maximum Gasteiger partial charge on any atom is 0.340 e. The highest BCUT2D eigenvalue weighted by Gasteiger charge is 2.15. The molecule has 0 amide bonds. The van der Waals surface area contributed by atoms with Crippen LogP contribution in [0.1, 0.15) is 15.9 Å². The van der Waals surface area contributed by atoms with Gasteiger partial charge in [0.15, 0.2) is 0 Å². The van der Waals surface area contributed by atoms with Gasteiger partial charge in [0.1, 0.15) is 17.9 Å². The van der Waals surface area contributed by atoms with E-state index in [0.29, 0.717) is 17.7 Å². The molecule has 0 fully saturated rings. The van der Waals surface area contributed by atoms with Gasteiger partial charge in [-0.1, -0.05) is 30.3 Å². The number of hydrogen-bond donors (Lipinski definition) is 1. The van der Waals surface area contributed by atoms with Crippen LogP contribution < -0.4 is 4.74 Å². The molecule has 0 unspecified atom stereocenters. The van der Waals surface area contributed by atoms with Gasteiger partial charge in [0.05, 0.1) is 0 Å². The Labute approximate surface area is 121 Å². The summed E-state index contributed by atoms with van der Waals surface area (Å²) in [7, 11) is 0. The number of fused-ring (bicyclic) bond motifs is 1. The molecule has 0 aliphatic carbocycles. The smallest absolute Gasteiger partial charge is 0.340 e. The average molecular weight is 279 g/mol. The number of hydrogen-bond acceptors (Lipinski definition) is 3. The number of aromatic carboxylic acids is 1. The third-order valence-corrected chi connectivity index (χ3v) is 3.25. The van der Waals surface area contributed by atoms with E-state index in [4.69, 9.17) is 4.74 Å². The first-order chi connectivity index (χ1) is 10.3. The first kappa shape index (κ1) is 13.1. The van der Waals surface area contributed by atoms with Gasteiger partial charge in [-0.05, 0) is 34.5 Å². The van der Waals surface area contributed by atoms with Gasteiger partial charge in [-0.2, -0.15) is 0 Å². The maximum absolute atomic E-state index is 11.6. The lowest BCUT2D eigenvalue weighted by molar-refractivity contribution is 0.0694. The molecule has 3 aromatic rings. The number of carboxylic acids is 1. The second-order valence-electron chi connectivity index (χ2n) is 4.61. The van der Waals surface area contributed by atoms with Gasteiger partial charge in [-0.3, -0.25) is 4.98 Å².